The monoisotopic (exact) mass is 293 g/mol. The topological polar surface area (TPSA) is 59.0 Å². The lowest BCUT2D eigenvalue weighted by atomic mass is 10.0. The number of methoxy groups -OCH3 is 1. The van der Waals surface area contributed by atoms with E-state index in [9.17, 15) is 4.79 Å². The van der Waals surface area contributed by atoms with Gasteiger partial charge in [-0.1, -0.05) is 13.0 Å². The Labute approximate surface area is 125 Å². The molecule has 1 heterocycles. The lowest BCUT2D eigenvalue weighted by molar-refractivity contribution is -0.141. The van der Waals surface area contributed by atoms with E-state index in [0.29, 0.717) is 12.2 Å². The first-order valence-electron chi connectivity index (χ1n) is 7.24. The highest BCUT2D eigenvalue weighted by Gasteiger charge is 2.22. The highest BCUT2D eigenvalue weighted by atomic mass is 16.5. The van der Waals surface area contributed by atoms with Crippen LogP contribution in [-0.4, -0.2) is 49.3 Å². The number of benzene rings is 1. The van der Waals surface area contributed by atoms with E-state index in [0.717, 1.165) is 30.8 Å². The molecule has 0 amide bonds. The standard InChI is InChI=1S/C16H23NO4/c1-11(16(18)19)8-12-4-5-14(15(9-12)20-3)21-13-6-7-17(2)10-13/h4-5,9,11,13H,6-8,10H2,1-3H3,(H,18,19). The number of carboxylic acid groups (broad SMARTS) is 1. The molecule has 0 saturated carbocycles. The van der Waals surface area contributed by atoms with Gasteiger partial charge in [0.2, 0.25) is 0 Å². The number of carboxylic acids is 1. The van der Waals surface area contributed by atoms with Crippen LogP contribution in [0.4, 0.5) is 0 Å². The summed E-state index contributed by atoms with van der Waals surface area (Å²) in [7, 11) is 3.68. The Morgan fingerprint density at radius 1 is 1.48 bits per heavy atom. The average Bonchev–Trinajstić information content (AvgIpc) is 2.85. The predicted molar refractivity (Wildman–Crippen MR) is 80.0 cm³/mol. The number of likely N-dealkylation sites (N-methyl/N-ethyl adjacent to an activating group) is 1. The van der Waals surface area contributed by atoms with Gasteiger partial charge in [-0.2, -0.15) is 0 Å². The second-order valence-corrected chi connectivity index (χ2v) is 5.72. The number of ether oxygens (including phenoxy) is 2. The molecule has 1 aromatic carbocycles. The molecule has 2 rings (SSSR count). The number of nitrogens with zero attached hydrogens (tertiary/aromatic N) is 1. The van der Waals surface area contributed by atoms with Crippen LogP contribution in [0.1, 0.15) is 18.9 Å². The van der Waals surface area contributed by atoms with Gasteiger partial charge in [0.25, 0.3) is 0 Å². The Hall–Kier alpha value is -1.75. The van der Waals surface area contributed by atoms with E-state index in [1.807, 2.05) is 18.2 Å². The maximum atomic E-state index is 10.9. The zero-order valence-corrected chi connectivity index (χ0v) is 12.8. The number of aliphatic carboxylic acids is 1. The molecular formula is C16H23NO4. The van der Waals surface area contributed by atoms with Crippen molar-refractivity contribution in [2.75, 3.05) is 27.2 Å². The van der Waals surface area contributed by atoms with Crippen LogP contribution in [0.3, 0.4) is 0 Å². The summed E-state index contributed by atoms with van der Waals surface area (Å²) in [6.07, 6.45) is 1.68. The third-order valence-electron chi connectivity index (χ3n) is 3.83. The quantitative estimate of drug-likeness (QED) is 0.870. The first-order chi connectivity index (χ1) is 9.99. The zero-order chi connectivity index (χ0) is 15.4. The molecule has 2 atom stereocenters. The van der Waals surface area contributed by atoms with Gasteiger partial charge < -0.3 is 19.5 Å². The lowest BCUT2D eigenvalue weighted by Crippen LogP contribution is -2.21. The first-order valence-corrected chi connectivity index (χ1v) is 7.24. The van der Waals surface area contributed by atoms with Gasteiger partial charge >= 0.3 is 5.97 Å². The minimum Gasteiger partial charge on any atom is -0.493 e. The SMILES string of the molecule is COc1cc(CC(C)C(=O)O)ccc1OC1CCN(C)C1. The van der Waals surface area contributed by atoms with E-state index in [4.69, 9.17) is 14.6 Å². The van der Waals surface area contributed by atoms with Crippen LogP contribution in [0, 0.1) is 5.92 Å². The maximum Gasteiger partial charge on any atom is 0.306 e. The van der Waals surface area contributed by atoms with Crippen molar-refractivity contribution in [3.63, 3.8) is 0 Å². The number of carbonyl (C=O) groups is 1. The van der Waals surface area contributed by atoms with E-state index in [-0.39, 0.29) is 6.10 Å². The highest BCUT2D eigenvalue weighted by Crippen LogP contribution is 2.31. The van der Waals surface area contributed by atoms with Gasteiger partial charge in [0.1, 0.15) is 6.10 Å². The largest absolute Gasteiger partial charge is 0.493 e. The first kappa shape index (κ1) is 15.6. The molecule has 1 saturated heterocycles. The van der Waals surface area contributed by atoms with Gasteiger partial charge in [0.15, 0.2) is 11.5 Å². The van der Waals surface area contributed by atoms with E-state index < -0.39 is 11.9 Å². The van der Waals surface area contributed by atoms with Crippen LogP contribution >= 0.6 is 0 Å². The van der Waals surface area contributed by atoms with E-state index >= 15 is 0 Å². The van der Waals surface area contributed by atoms with Crippen molar-refractivity contribution in [3.8, 4) is 11.5 Å². The molecule has 5 heteroatoms. The number of rotatable bonds is 6. The van der Waals surface area contributed by atoms with Gasteiger partial charge in [-0.25, -0.2) is 0 Å². The van der Waals surface area contributed by atoms with E-state index in [1.54, 1.807) is 14.0 Å². The summed E-state index contributed by atoms with van der Waals surface area (Å²) >= 11 is 0. The molecule has 1 aliphatic rings. The Morgan fingerprint density at radius 2 is 2.24 bits per heavy atom. The third kappa shape index (κ3) is 4.11. The van der Waals surface area contributed by atoms with Crippen LogP contribution in [0.15, 0.2) is 18.2 Å². The van der Waals surface area contributed by atoms with Crippen molar-refractivity contribution in [1.82, 2.24) is 4.90 Å². The van der Waals surface area contributed by atoms with Gasteiger partial charge in [0.05, 0.1) is 13.0 Å². The van der Waals surface area contributed by atoms with Crippen molar-refractivity contribution in [2.45, 2.75) is 25.9 Å². The molecule has 1 aromatic rings. The summed E-state index contributed by atoms with van der Waals surface area (Å²) in [6.45, 7) is 3.66. The third-order valence-corrected chi connectivity index (χ3v) is 3.83. The molecule has 0 bridgehead atoms. The van der Waals surface area contributed by atoms with Gasteiger partial charge in [0, 0.05) is 13.1 Å². The Kier molecular flexibility index (Phi) is 5.07. The molecule has 0 radical (unpaired) electrons. The molecule has 1 N–H and O–H groups in total. The Bertz CT molecular complexity index is 503. The van der Waals surface area contributed by atoms with E-state index in [1.165, 1.54) is 0 Å². The predicted octanol–water partition coefficient (Wildman–Crippen LogP) is 2.04. The Balaban J connectivity index is 2.07. The minimum atomic E-state index is -0.789. The second-order valence-electron chi connectivity index (χ2n) is 5.72. The fourth-order valence-corrected chi connectivity index (χ4v) is 2.55. The van der Waals surface area contributed by atoms with Crippen LogP contribution in [0.25, 0.3) is 0 Å². The van der Waals surface area contributed by atoms with Crippen molar-refractivity contribution < 1.29 is 19.4 Å². The molecule has 116 valence electrons. The number of hydrogen-bond donors (Lipinski definition) is 1. The summed E-state index contributed by atoms with van der Waals surface area (Å²) in [5, 5.41) is 8.98. The fraction of sp³-hybridized carbons (Fsp3) is 0.562. The number of likely N-dealkylation sites (tertiary alicyclic amines) is 1. The Morgan fingerprint density at radius 3 is 2.81 bits per heavy atom. The average molecular weight is 293 g/mol. The summed E-state index contributed by atoms with van der Waals surface area (Å²) in [5.74, 6) is 0.192. The molecule has 21 heavy (non-hydrogen) atoms. The molecule has 0 aromatic heterocycles. The summed E-state index contributed by atoms with van der Waals surface area (Å²) in [4.78, 5) is 13.2. The van der Waals surface area contributed by atoms with Crippen molar-refractivity contribution in [1.29, 1.82) is 0 Å². The molecule has 1 aliphatic heterocycles. The highest BCUT2D eigenvalue weighted by molar-refractivity contribution is 5.70. The van der Waals surface area contributed by atoms with Crippen LogP contribution in [0.5, 0.6) is 11.5 Å². The lowest BCUT2D eigenvalue weighted by Gasteiger charge is -2.17. The smallest absolute Gasteiger partial charge is 0.306 e. The van der Waals surface area contributed by atoms with Gasteiger partial charge in [-0.15, -0.1) is 0 Å². The van der Waals surface area contributed by atoms with Crippen LogP contribution < -0.4 is 9.47 Å². The normalized spacial score (nSPS) is 20.2. The zero-order valence-electron chi connectivity index (χ0n) is 12.8. The molecule has 0 aliphatic carbocycles. The molecular weight excluding hydrogens is 270 g/mol. The van der Waals surface area contributed by atoms with Gasteiger partial charge in [-0.3, -0.25) is 4.79 Å². The molecule has 2 unspecified atom stereocenters. The molecule has 0 spiro atoms. The summed E-state index contributed by atoms with van der Waals surface area (Å²) in [5.41, 5.74) is 0.942. The van der Waals surface area contributed by atoms with Crippen molar-refractivity contribution >= 4 is 5.97 Å². The summed E-state index contributed by atoms with van der Waals surface area (Å²) < 4.78 is 11.4. The van der Waals surface area contributed by atoms with Gasteiger partial charge in [-0.05, 0) is 37.6 Å². The fourth-order valence-electron chi connectivity index (χ4n) is 2.55. The second kappa shape index (κ2) is 6.80. The van der Waals surface area contributed by atoms with Crippen molar-refractivity contribution in [3.05, 3.63) is 23.8 Å². The maximum absolute atomic E-state index is 10.9. The number of hydrogen-bond acceptors (Lipinski definition) is 4. The van der Waals surface area contributed by atoms with E-state index in [2.05, 4.69) is 11.9 Å². The molecule has 1 fully saturated rings. The van der Waals surface area contributed by atoms with Crippen LogP contribution in [-0.2, 0) is 11.2 Å². The van der Waals surface area contributed by atoms with Crippen molar-refractivity contribution in [2.24, 2.45) is 5.92 Å². The minimum absolute atomic E-state index is 0.188. The molecule has 5 nitrogen and oxygen atoms in total. The van der Waals surface area contributed by atoms with Crippen LogP contribution in [0.2, 0.25) is 0 Å². The summed E-state index contributed by atoms with van der Waals surface area (Å²) in [6, 6.07) is 5.66.